The summed E-state index contributed by atoms with van der Waals surface area (Å²) in [5.41, 5.74) is 0. The summed E-state index contributed by atoms with van der Waals surface area (Å²) in [4.78, 5) is 0. The van der Waals surface area contributed by atoms with E-state index >= 15 is 0 Å². The molecule has 0 atom stereocenters. The summed E-state index contributed by atoms with van der Waals surface area (Å²) in [6, 6.07) is 0. The molecule has 0 fully saturated rings. The van der Waals surface area contributed by atoms with Gasteiger partial charge in [0.2, 0.25) is 0 Å². The predicted molar refractivity (Wildman–Crippen MR) is 4.86 cm³/mol. The predicted octanol–water partition coefficient (Wildman–Crippen LogP) is 0.362. The second-order valence-electron chi connectivity index (χ2n) is 0.126. The molecule has 4 heteroatoms. The van der Waals surface area contributed by atoms with E-state index in [4.69, 9.17) is 0 Å². The Morgan fingerprint density at radius 1 is 1.00 bits per heavy atom. The van der Waals surface area contributed by atoms with Crippen molar-refractivity contribution in [2.45, 2.75) is 0 Å². The van der Waals surface area contributed by atoms with E-state index in [2.05, 4.69) is 7.35 Å². The summed E-state index contributed by atoms with van der Waals surface area (Å²) >= 11 is 3.58. The Morgan fingerprint density at radius 2 is 1.25 bits per heavy atom. The number of nitrogens with zero attached hydrogens (tertiary/aromatic N) is 2. The van der Waals surface area contributed by atoms with E-state index < -0.39 is 0 Å². The molecule has 0 aliphatic rings. The van der Waals surface area contributed by atoms with E-state index in [0.29, 0.717) is 0 Å². The molecule has 0 rings (SSSR count). The number of rotatable bonds is 0. The third kappa shape index (κ3) is 2.98. The second kappa shape index (κ2) is 3.98. The van der Waals surface area contributed by atoms with Crippen LogP contribution < -0.4 is 0 Å². The van der Waals surface area contributed by atoms with Crippen LogP contribution in [-0.2, 0) is 40.1 Å². The first-order valence-corrected chi connectivity index (χ1v) is 2.52. The molecule has 0 saturated carbocycles. The first-order chi connectivity index (χ1) is 1.91. The number of hydrogen-bond acceptors (Lipinski definition) is 2. The summed E-state index contributed by atoms with van der Waals surface area (Å²) < 4.78 is 6.64. The van der Waals surface area contributed by atoms with Crippen LogP contribution in [0.25, 0.3) is 0 Å². The van der Waals surface area contributed by atoms with Crippen LogP contribution in [-0.4, -0.2) is 0 Å². The Hall–Kier alpha value is 0.977. The van der Waals surface area contributed by atoms with Crippen molar-refractivity contribution in [3.8, 4) is 0 Å². The van der Waals surface area contributed by atoms with Gasteiger partial charge in [-0.25, -0.2) is 0 Å². The summed E-state index contributed by atoms with van der Waals surface area (Å²) in [6.07, 6.45) is 0. The molecule has 0 aliphatic carbocycles. The summed E-state index contributed by atoms with van der Waals surface area (Å²) in [5, 5.41) is 0. The molecule has 0 N–H and O–H groups in total. The van der Waals surface area contributed by atoms with Gasteiger partial charge in [0.05, 0.1) is 0 Å². The van der Waals surface area contributed by atoms with Crippen LogP contribution >= 0.6 is 0 Å². The van der Waals surface area contributed by atoms with Gasteiger partial charge < -0.3 is 0 Å². The van der Waals surface area contributed by atoms with E-state index in [0.717, 1.165) is 0 Å². The van der Waals surface area contributed by atoms with Gasteiger partial charge in [-0.3, -0.25) is 0 Å². The van der Waals surface area contributed by atoms with Gasteiger partial charge in [-0.15, -0.1) is 0 Å². The molecule has 0 amide bonds. The molecule has 0 aromatic heterocycles. The SMILES string of the molecule is [Pt][N]=[N][Pt]. The van der Waals surface area contributed by atoms with E-state index in [1.165, 1.54) is 0 Å². The zero-order valence-electron chi connectivity index (χ0n) is 1.53. The van der Waals surface area contributed by atoms with Crippen molar-refractivity contribution in [2.75, 3.05) is 0 Å². The molecule has 4 heavy (non-hydrogen) atoms. The average molecular weight is 418 g/mol. The molecule has 0 aromatic rings. The van der Waals surface area contributed by atoms with Crippen LogP contribution in [0.3, 0.4) is 0 Å². The quantitative estimate of drug-likeness (QED) is 0.508. The van der Waals surface area contributed by atoms with Gasteiger partial charge in [-0.2, -0.15) is 0 Å². The van der Waals surface area contributed by atoms with Crippen LogP contribution in [0.5, 0.6) is 0 Å². The fraction of sp³-hybridized carbons (Fsp3) is 0. The van der Waals surface area contributed by atoms with Crippen molar-refractivity contribution in [3.05, 3.63) is 0 Å². The molecule has 0 aliphatic heterocycles. The summed E-state index contributed by atoms with van der Waals surface area (Å²) in [5.74, 6) is 0. The van der Waals surface area contributed by atoms with Gasteiger partial charge in [0, 0.05) is 0 Å². The maximum atomic E-state index is 3.32. The number of hydrogen-bond donors (Lipinski definition) is 0. The minimum atomic E-state index is 1.79. The van der Waals surface area contributed by atoms with Gasteiger partial charge in [0.15, 0.2) is 0 Å². The first kappa shape index (κ1) is 4.98. The molecule has 0 bridgehead atoms. The molecule has 0 spiro atoms. The van der Waals surface area contributed by atoms with Gasteiger partial charge in [0.1, 0.15) is 0 Å². The topological polar surface area (TPSA) is 24.7 Å². The van der Waals surface area contributed by atoms with E-state index in [1.807, 2.05) is 0 Å². The van der Waals surface area contributed by atoms with Crippen molar-refractivity contribution in [2.24, 2.45) is 7.35 Å². The van der Waals surface area contributed by atoms with Crippen LogP contribution in [0.15, 0.2) is 7.35 Å². The third-order valence-electron chi connectivity index (χ3n) is 0.0200. The molecule has 30 valence electrons. The first-order valence-electron chi connectivity index (χ1n) is 0.483. The van der Waals surface area contributed by atoms with Crippen LogP contribution in [0, 0.1) is 0 Å². The van der Waals surface area contributed by atoms with Crippen LogP contribution in [0.1, 0.15) is 0 Å². The van der Waals surface area contributed by atoms with Gasteiger partial charge in [-0.1, -0.05) is 0 Å². The summed E-state index contributed by atoms with van der Waals surface area (Å²) in [6.45, 7) is 0. The van der Waals surface area contributed by atoms with Crippen molar-refractivity contribution < 1.29 is 40.1 Å². The monoisotopic (exact) mass is 418 g/mol. The van der Waals surface area contributed by atoms with Gasteiger partial charge >= 0.3 is 47.5 Å². The Labute approximate surface area is 47.5 Å². The molecular formula is N2Pt2. The fourth-order valence-electron chi connectivity index (χ4n) is 0. The average Bonchev–Trinajstić information content (AvgIpc) is 1.37. The standard InChI is InChI=1S/N2.2Pt/c1-2;;/q-2;2*+1. The zero-order chi connectivity index (χ0) is 3.41. The Balaban J connectivity index is 2.55. The molecule has 2 nitrogen and oxygen atoms in total. The van der Waals surface area contributed by atoms with Crippen molar-refractivity contribution in [3.63, 3.8) is 0 Å². The summed E-state index contributed by atoms with van der Waals surface area (Å²) in [7, 11) is 0. The van der Waals surface area contributed by atoms with Crippen molar-refractivity contribution in [1.82, 2.24) is 0 Å². The molecule has 0 unspecified atom stereocenters. The maximum absolute atomic E-state index is 3.32. The second-order valence-corrected chi connectivity index (χ2v) is 1.04. The van der Waals surface area contributed by atoms with E-state index in [-0.39, 0.29) is 0 Å². The zero-order valence-corrected chi connectivity index (χ0v) is 6.07. The third-order valence-corrected chi connectivity index (χ3v) is 1.34. The van der Waals surface area contributed by atoms with Crippen molar-refractivity contribution in [1.29, 1.82) is 0 Å². The van der Waals surface area contributed by atoms with E-state index in [9.17, 15) is 0 Å². The van der Waals surface area contributed by atoms with Crippen LogP contribution in [0.4, 0.5) is 0 Å². The molecule has 0 saturated heterocycles. The minimum absolute atomic E-state index is 1.79. The Kier molecular flexibility index (Phi) is 4.95. The van der Waals surface area contributed by atoms with E-state index in [1.54, 1.807) is 40.1 Å². The van der Waals surface area contributed by atoms with Crippen LogP contribution in [0.2, 0.25) is 0 Å². The molecular weight excluding hydrogens is 418 g/mol. The molecule has 0 heterocycles. The molecule has 0 radical (unpaired) electrons. The molecule has 0 aromatic carbocycles. The van der Waals surface area contributed by atoms with Crippen molar-refractivity contribution >= 4 is 0 Å². The Bertz CT molecular complexity index is 19.2. The van der Waals surface area contributed by atoms with Gasteiger partial charge in [0.25, 0.3) is 0 Å². The Morgan fingerprint density at radius 3 is 1.25 bits per heavy atom. The van der Waals surface area contributed by atoms with Gasteiger partial charge in [-0.05, 0) is 0 Å². The normalized spacial score (nSPS) is 10.0. The fourth-order valence-corrected chi connectivity index (χ4v) is 0.